The Balaban J connectivity index is 1.63. The fourth-order valence-corrected chi connectivity index (χ4v) is 6.05. The van der Waals surface area contributed by atoms with Crippen LogP contribution in [0.4, 0.5) is 5.69 Å². The minimum absolute atomic E-state index is 0.0760. The van der Waals surface area contributed by atoms with Gasteiger partial charge < -0.3 is 14.4 Å². The molecule has 3 aromatic carbocycles. The summed E-state index contributed by atoms with van der Waals surface area (Å²) in [6.45, 7) is 4.27. The molecule has 38 heavy (non-hydrogen) atoms. The van der Waals surface area contributed by atoms with E-state index < -0.39 is 10.0 Å². The fourth-order valence-electron chi connectivity index (χ4n) is 5.07. The zero-order valence-electron chi connectivity index (χ0n) is 22.3. The highest BCUT2D eigenvalue weighted by Crippen LogP contribution is 2.37. The Kier molecular flexibility index (Phi) is 8.58. The molecule has 9 heteroatoms. The number of amides is 1. The molecule has 4 rings (SSSR count). The first-order valence-electron chi connectivity index (χ1n) is 12.7. The van der Waals surface area contributed by atoms with Crippen LogP contribution < -0.4 is 13.8 Å². The Hall–Kier alpha value is -3.56. The standard InChI is InChI=1S/C29H35N3O5S/c1-5-32(38(4,34)35)25-21-27(37-3)26(36-2)20-24(25)29(33)31-18-16-30(17-19-31)28(22-12-8-6-9-13-22)23-14-10-7-11-15-23/h6-15,20-21,28H,5,16-19H2,1-4H3. The van der Waals surface area contributed by atoms with Crippen LogP contribution in [0.25, 0.3) is 0 Å². The van der Waals surface area contributed by atoms with E-state index in [2.05, 4.69) is 29.2 Å². The number of piperazine rings is 1. The van der Waals surface area contributed by atoms with Crippen LogP contribution in [-0.4, -0.2) is 77.3 Å². The summed E-state index contributed by atoms with van der Waals surface area (Å²) < 4.78 is 37.2. The predicted molar refractivity (Wildman–Crippen MR) is 150 cm³/mol. The van der Waals surface area contributed by atoms with Crippen molar-refractivity contribution in [3.8, 4) is 11.5 Å². The van der Waals surface area contributed by atoms with Gasteiger partial charge in [0.1, 0.15) is 0 Å². The van der Waals surface area contributed by atoms with Crippen molar-refractivity contribution in [3.63, 3.8) is 0 Å². The molecule has 0 unspecified atom stereocenters. The van der Waals surface area contributed by atoms with E-state index in [-0.39, 0.29) is 29.7 Å². The fraction of sp³-hybridized carbons (Fsp3) is 0.345. The molecule has 0 bridgehead atoms. The molecule has 1 fully saturated rings. The second-order valence-electron chi connectivity index (χ2n) is 9.20. The van der Waals surface area contributed by atoms with Crippen LogP contribution in [0.2, 0.25) is 0 Å². The van der Waals surface area contributed by atoms with Gasteiger partial charge in [0, 0.05) is 38.8 Å². The third-order valence-corrected chi connectivity index (χ3v) is 8.14. The second-order valence-corrected chi connectivity index (χ2v) is 11.1. The molecule has 0 atom stereocenters. The lowest BCUT2D eigenvalue weighted by molar-refractivity contribution is 0.0598. The summed E-state index contributed by atoms with van der Waals surface area (Å²) in [5.41, 5.74) is 2.96. The number of carbonyl (C=O) groups is 1. The lowest BCUT2D eigenvalue weighted by atomic mass is 9.96. The van der Waals surface area contributed by atoms with Crippen LogP contribution >= 0.6 is 0 Å². The molecule has 1 saturated heterocycles. The number of hydrogen-bond donors (Lipinski definition) is 0. The summed E-state index contributed by atoms with van der Waals surface area (Å²) in [4.78, 5) is 18.0. The Morgan fingerprint density at radius 2 is 1.37 bits per heavy atom. The van der Waals surface area contributed by atoms with Crippen LogP contribution in [0.1, 0.15) is 34.5 Å². The number of benzene rings is 3. The van der Waals surface area contributed by atoms with Crippen LogP contribution in [-0.2, 0) is 10.0 Å². The first-order valence-corrected chi connectivity index (χ1v) is 14.5. The number of sulfonamides is 1. The molecule has 8 nitrogen and oxygen atoms in total. The number of rotatable bonds is 9. The molecule has 0 aliphatic carbocycles. The summed E-state index contributed by atoms with van der Waals surface area (Å²) in [6.07, 6.45) is 1.13. The molecule has 3 aromatic rings. The maximum Gasteiger partial charge on any atom is 0.256 e. The van der Waals surface area contributed by atoms with E-state index in [0.717, 1.165) is 6.26 Å². The molecule has 1 aliphatic rings. The lowest BCUT2D eigenvalue weighted by Crippen LogP contribution is -2.50. The molecule has 0 spiro atoms. The third kappa shape index (κ3) is 5.79. The van der Waals surface area contributed by atoms with Gasteiger partial charge in [-0.05, 0) is 24.1 Å². The molecule has 202 valence electrons. The molecular formula is C29H35N3O5S. The van der Waals surface area contributed by atoms with E-state index in [1.54, 1.807) is 24.0 Å². The van der Waals surface area contributed by atoms with Gasteiger partial charge in [0.15, 0.2) is 11.5 Å². The van der Waals surface area contributed by atoms with Crippen molar-refractivity contribution in [3.05, 3.63) is 89.5 Å². The average molecular weight is 538 g/mol. The van der Waals surface area contributed by atoms with E-state index >= 15 is 0 Å². The highest BCUT2D eigenvalue weighted by molar-refractivity contribution is 7.92. The van der Waals surface area contributed by atoms with E-state index in [9.17, 15) is 13.2 Å². The van der Waals surface area contributed by atoms with E-state index in [4.69, 9.17) is 9.47 Å². The zero-order valence-corrected chi connectivity index (χ0v) is 23.1. The van der Waals surface area contributed by atoms with Gasteiger partial charge in [-0.2, -0.15) is 0 Å². The predicted octanol–water partition coefficient (Wildman–Crippen LogP) is 4.04. The summed E-state index contributed by atoms with van der Waals surface area (Å²) in [7, 11) is -0.649. The largest absolute Gasteiger partial charge is 0.493 e. The van der Waals surface area contributed by atoms with Crippen molar-refractivity contribution in [1.82, 2.24) is 9.80 Å². The summed E-state index contributed by atoms with van der Waals surface area (Å²) in [5.74, 6) is 0.495. The van der Waals surface area contributed by atoms with E-state index in [1.165, 1.54) is 29.7 Å². The van der Waals surface area contributed by atoms with Crippen molar-refractivity contribution < 1.29 is 22.7 Å². The third-order valence-electron chi connectivity index (χ3n) is 6.89. The summed E-state index contributed by atoms with van der Waals surface area (Å²) in [6, 6.07) is 24.0. The Morgan fingerprint density at radius 1 is 0.868 bits per heavy atom. The number of nitrogens with zero attached hydrogens (tertiary/aromatic N) is 3. The first kappa shape index (κ1) is 27.5. The van der Waals surface area contributed by atoms with Gasteiger partial charge in [-0.3, -0.25) is 14.0 Å². The molecule has 0 aromatic heterocycles. The first-order chi connectivity index (χ1) is 18.3. The minimum atomic E-state index is -3.62. The van der Waals surface area contributed by atoms with Gasteiger partial charge >= 0.3 is 0 Å². The number of ether oxygens (including phenoxy) is 2. The van der Waals surface area contributed by atoms with Crippen LogP contribution in [0.3, 0.4) is 0 Å². The monoisotopic (exact) mass is 537 g/mol. The Bertz CT molecular complexity index is 1300. The van der Waals surface area contributed by atoms with Crippen molar-refractivity contribution in [2.45, 2.75) is 13.0 Å². The molecule has 0 N–H and O–H groups in total. The number of hydrogen-bond acceptors (Lipinski definition) is 6. The normalized spacial score (nSPS) is 14.4. The Labute approximate surface area is 225 Å². The van der Waals surface area contributed by atoms with Crippen molar-refractivity contribution in [2.75, 3.05) is 57.5 Å². The van der Waals surface area contributed by atoms with Crippen molar-refractivity contribution in [2.24, 2.45) is 0 Å². The molecule has 1 heterocycles. The smallest absolute Gasteiger partial charge is 0.256 e. The quantitative estimate of drug-likeness (QED) is 0.410. The SMILES string of the molecule is CCN(c1cc(OC)c(OC)cc1C(=O)N1CCN(C(c2ccccc2)c2ccccc2)CC1)S(C)(=O)=O. The highest BCUT2D eigenvalue weighted by atomic mass is 32.2. The number of methoxy groups -OCH3 is 2. The van der Waals surface area contributed by atoms with Gasteiger partial charge in [0.05, 0.1) is 37.8 Å². The lowest BCUT2D eigenvalue weighted by Gasteiger charge is -2.40. The van der Waals surface area contributed by atoms with Crippen molar-refractivity contribution in [1.29, 1.82) is 0 Å². The van der Waals surface area contributed by atoms with Gasteiger partial charge in [0.25, 0.3) is 5.91 Å². The highest BCUT2D eigenvalue weighted by Gasteiger charge is 2.32. The molecule has 0 radical (unpaired) electrons. The van der Waals surface area contributed by atoms with Gasteiger partial charge in [-0.1, -0.05) is 60.7 Å². The van der Waals surface area contributed by atoms with Crippen molar-refractivity contribution >= 4 is 21.6 Å². The molecule has 1 amide bonds. The second kappa shape index (κ2) is 11.9. The van der Waals surface area contributed by atoms with Crippen LogP contribution in [0.5, 0.6) is 11.5 Å². The maximum atomic E-state index is 13.8. The Morgan fingerprint density at radius 3 is 1.82 bits per heavy atom. The van der Waals surface area contributed by atoms with Crippen LogP contribution in [0.15, 0.2) is 72.8 Å². The van der Waals surface area contributed by atoms with Crippen LogP contribution in [0, 0.1) is 0 Å². The maximum absolute atomic E-state index is 13.8. The summed E-state index contributed by atoms with van der Waals surface area (Å²) >= 11 is 0. The van der Waals surface area contributed by atoms with E-state index in [0.29, 0.717) is 37.7 Å². The topological polar surface area (TPSA) is 79.4 Å². The van der Waals surface area contributed by atoms with E-state index in [1.807, 2.05) is 36.4 Å². The average Bonchev–Trinajstić information content (AvgIpc) is 2.93. The zero-order chi connectivity index (χ0) is 27.3. The minimum Gasteiger partial charge on any atom is -0.493 e. The van der Waals surface area contributed by atoms with Gasteiger partial charge in [-0.15, -0.1) is 0 Å². The number of carbonyl (C=O) groups excluding carboxylic acids is 1. The summed E-state index contributed by atoms with van der Waals surface area (Å²) in [5, 5.41) is 0. The molecule has 0 saturated carbocycles. The molecule has 1 aliphatic heterocycles. The number of anilines is 1. The van der Waals surface area contributed by atoms with Gasteiger partial charge in [0.2, 0.25) is 10.0 Å². The molecular weight excluding hydrogens is 502 g/mol. The van der Waals surface area contributed by atoms with Gasteiger partial charge in [-0.25, -0.2) is 8.42 Å².